The number of alkyl halides is 1. The minimum atomic E-state index is 0.449. The number of rotatable bonds is 4. The van der Waals surface area contributed by atoms with Crippen molar-refractivity contribution in [3.8, 4) is 5.75 Å². The van der Waals surface area contributed by atoms with Crippen molar-refractivity contribution in [3.05, 3.63) is 24.0 Å². The second kappa shape index (κ2) is 4.41. The molecule has 1 unspecified atom stereocenters. The summed E-state index contributed by atoms with van der Waals surface area (Å²) in [5, 5.41) is 0. The predicted molar refractivity (Wildman–Crippen MR) is 77.7 cm³/mol. The maximum atomic E-state index is 6.04. The van der Waals surface area contributed by atoms with Gasteiger partial charge in [-0.1, -0.05) is 13.8 Å². The fraction of sp³-hybridized carbons (Fsp3) is 0.533. The molecule has 19 heavy (non-hydrogen) atoms. The van der Waals surface area contributed by atoms with E-state index in [1.165, 1.54) is 6.42 Å². The summed E-state index contributed by atoms with van der Waals surface area (Å²) in [6.45, 7) is 5.63. The normalized spacial score (nSPS) is 20.7. The van der Waals surface area contributed by atoms with E-state index in [4.69, 9.17) is 16.3 Å². The Balaban J connectivity index is 2.04. The van der Waals surface area contributed by atoms with Gasteiger partial charge in [-0.2, -0.15) is 0 Å². The average Bonchev–Trinajstić information content (AvgIpc) is 2.85. The van der Waals surface area contributed by atoms with Gasteiger partial charge in [-0.25, -0.2) is 4.98 Å². The highest BCUT2D eigenvalue weighted by Crippen LogP contribution is 2.52. The molecular formula is C15H19ClN2O. The summed E-state index contributed by atoms with van der Waals surface area (Å²) in [6, 6.07) is 5.99. The summed E-state index contributed by atoms with van der Waals surface area (Å²) in [6.07, 6.45) is 1.28. The molecule has 0 bridgehead atoms. The molecule has 0 spiro atoms. The third-order valence-corrected chi connectivity index (χ3v) is 4.51. The van der Waals surface area contributed by atoms with Gasteiger partial charge in [0.25, 0.3) is 0 Å². The van der Waals surface area contributed by atoms with Crippen molar-refractivity contribution in [3.63, 3.8) is 0 Å². The van der Waals surface area contributed by atoms with Crippen molar-refractivity contribution in [2.75, 3.05) is 7.11 Å². The maximum Gasteiger partial charge on any atom is 0.124 e. The number of aromatic nitrogens is 2. The molecule has 1 heterocycles. The molecule has 1 aromatic carbocycles. The molecule has 1 fully saturated rings. The van der Waals surface area contributed by atoms with E-state index in [-0.39, 0.29) is 0 Å². The van der Waals surface area contributed by atoms with Crippen LogP contribution in [-0.4, -0.2) is 16.7 Å². The first-order valence-electron chi connectivity index (χ1n) is 6.64. The third-order valence-electron chi connectivity index (χ3n) is 4.27. The van der Waals surface area contributed by atoms with Crippen LogP contribution in [0, 0.1) is 11.3 Å². The van der Waals surface area contributed by atoms with Crippen LogP contribution in [0.25, 0.3) is 11.0 Å². The third kappa shape index (κ3) is 2.20. The van der Waals surface area contributed by atoms with Crippen molar-refractivity contribution in [2.45, 2.75) is 32.7 Å². The van der Waals surface area contributed by atoms with Crippen molar-refractivity contribution in [2.24, 2.45) is 11.3 Å². The molecule has 1 aliphatic rings. The number of nitrogens with zero attached hydrogens (tertiary/aromatic N) is 2. The molecule has 4 heteroatoms. The van der Waals surface area contributed by atoms with Gasteiger partial charge in [-0.05, 0) is 29.9 Å². The van der Waals surface area contributed by atoms with Crippen LogP contribution < -0.4 is 4.74 Å². The average molecular weight is 279 g/mol. The Morgan fingerprint density at radius 3 is 2.79 bits per heavy atom. The van der Waals surface area contributed by atoms with Gasteiger partial charge in [0.1, 0.15) is 11.6 Å². The number of fused-ring (bicyclic) bond motifs is 1. The quantitative estimate of drug-likeness (QED) is 0.795. The van der Waals surface area contributed by atoms with Gasteiger partial charge < -0.3 is 9.30 Å². The van der Waals surface area contributed by atoms with Crippen molar-refractivity contribution >= 4 is 22.6 Å². The summed E-state index contributed by atoms with van der Waals surface area (Å²) >= 11 is 6.04. The first kappa shape index (κ1) is 12.8. The zero-order valence-electron chi connectivity index (χ0n) is 11.6. The molecular weight excluding hydrogens is 260 g/mol. The number of hydrogen-bond donors (Lipinski definition) is 0. The smallest absolute Gasteiger partial charge is 0.124 e. The first-order valence-corrected chi connectivity index (χ1v) is 7.18. The summed E-state index contributed by atoms with van der Waals surface area (Å²) in [5.41, 5.74) is 2.58. The highest BCUT2D eigenvalue weighted by molar-refractivity contribution is 6.16. The number of ether oxygens (including phenoxy) is 1. The second-order valence-corrected chi connectivity index (χ2v) is 6.28. The molecule has 0 N–H and O–H groups in total. The number of hydrogen-bond acceptors (Lipinski definition) is 2. The van der Waals surface area contributed by atoms with Gasteiger partial charge in [0.05, 0.1) is 24.0 Å². The highest BCUT2D eigenvalue weighted by Gasteiger charge is 2.45. The summed E-state index contributed by atoms with van der Waals surface area (Å²) < 4.78 is 7.56. The van der Waals surface area contributed by atoms with Gasteiger partial charge in [0, 0.05) is 12.6 Å². The first-order chi connectivity index (χ1) is 9.05. The Bertz CT molecular complexity index is 618. The highest BCUT2D eigenvalue weighted by atomic mass is 35.5. The van der Waals surface area contributed by atoms with E-state index in [0.29, 0.717) is 11.3 Å². The van der Waals surface area contributed by atoms with Gasteiger partial charge in [0.15, 0.2) is 0 Å². The lowest BCUT2D eigenvalue weighted by Crippen LogP contribution is -2.07. The monoisotopic (exact) mass is 278 g/mol. The molecule has 0 amide bonds. The fourth-order valence-electron chi connectivity index (χ4n) is 2.69. The minimum Gasteiger partial charge on any atom is -0.497 e. The topological polar surface area (TPSA) is 27.1 Å². The number of methoxy groups -OCH3 is 1. The van der Waals surface area contributed by atoms with E-state index in [1.54, 1.807) is 7.11 Å². The van der Waals surface area contributed by atoms with E-state index in [0.717, 1.165) is 35.1 Å². The molecule has 0 aliphatic heterocycles. The number of halogens is 1. The lowest BCUT2D eigenvalue weighted by Gasteiger charge is -2.09. The van der Waals surface area contributed by atoms with Crippen LogP contribution in [0.4, 0.5) is 0 Å². The largest absolute Gasteiger partial charge is 0.497 e. The molecule has 1 aromatic heterocycles. The zero-order valence-corrected chi connectivity index (χ0v) is 12.4. The van der Waals surface area contributed by atoms with Gasteiger partial charge >= 0.3 is 0 Å². The van der Waals surface area contributed by atoms with E-state index in [1.807, 2.05) is 18.2 Å². The molecule has 0 radical (unpaired) electrons. The van der Waals surface area contributed by atoms with E-state index < -0.39 is 0 Å². The predicted octanol–water partition coefficient (Wildman–Crippen LogP) is 3.83. The molecule has 1 saturated carbocycles. The van der Waals surface area contributed by atoms with Crippen molar-refractivity contribution < 1.29 is 4.74 Å². The van der Waals surface area contributed by atoms with E-state index in [2.05, 4.69) is 23.4 Å². The fourth-order valence-corrected chi connectivity index (χ4v) is 2.90. The Morgan fingerprint density at radius 2 is 2.21 bits per heavy atom. The van der Waals surface area contributed by atoms with Crippen LogP contribution in [0.1, 0.15) is 26.1 Å². The molecule has 102 valence electrons. The van der Waals surface area contributed by atoms with Gasteiger partial charge in [-0.3, -0.25) is 0 Å². The second-order valence-electron chi connectivity index (χ2n) is 6.02. The van der Waals surface area contributed by atoms with Gasteiger partial charge in [-0.15, -0.1) is 11.6 Å². The van der Waals surface area contributed by atoms with Gasteiger partial charge in [0.2, 0.25) is 0 Å². The van der Waals surface area contributed by atoms with Crippen LogP contribution in [0.3, 0.4) is 0 Å². The van der Waals surface area contributed by atoms with Crippen molar-refractivity contribution in [1.82, 2.24) is 9.55 Å². The van der Waals surface area contributed by atoms with Crippen LogP contribution in [0.15, 0.2) is 18.2 Å². The molecule has 0 saturated heterocycles. The van der Waals surface area contributed by atoms with E-state index >= 15 is 0 Å². The molecule has 3 nitrogen and oxygen atoms in total. The molecule has 1 atom stereocenters. The molecule has 2 aromatic rings. The Labute approximate surface area is 118 Å². The standard InChI is InChI=1S/C15H19ClN2O/c1-15(2)7-10(15)9-18-13-6-11(19-3)4-5-12(13)17-14(18)8-16/h4-6,10H,7-9H2,1-3H3. The maximum absolute atomic E-state index is 6.04. The van der Waals surface area contributed by atoms with Crippen LogP contribution >= 0.6 is 11.6 Å². The Morgan fingerprint density at radius 1 is 1.47 bits per heavy atom. The zero-order chi connectivity index (χ0) is 13.6. The van der Waals surface area contributed by atoms with Crippen LogP contribution in [0.2, 0.25) is 0 Å². The molecule has 3 rings (SSSR count). The van der Waals surface area contributed by atoms with Crippen LogP contribution in [-0.2, 0) is 12.4 Å². The number of imidazole rings is 1. The van der Waals surface area contributed by atoms with Crippen LogP contribution in [0.5, 0.6) is 5.75 Å². The Kier molecular flexibility index (Phi) is 2.97. The summed E-state index contributed by atoms with van der Waals surface area (Å²) in [7, 11) is 1.69. The summed E-state index contributed by atoms with van der Waals surface area (Å²) in [4.78, 5) is 4.61. The minimum absolute atomic E-state index is 0.449. The SMILES string of the molecule is COc1ccc2nc(CCl)n(CC3CC3(C)C)c2c1. The molecule has 1 aliphatic carbocycles. The number of benzene rings is 1. The lowest BCUT2D eigenvalue weighted by atomic mass is 10.1. The Hall–Kier alpha value is -1.22. The summed E-state index contributed by atoms with van der Waals surface area (Å²) in [5.74, 6) is 2.99. The lowest BCUT2D eigenvalue weighted by molar-refractivity contribution is 0.415. The van der Waals surface area contributed by atoms with Crippen molar-refractivity contribution in [1.29, 1.82) is 0 Å². The van der Waals surface area contributed by atoms with E-state index in [9.17, 15) is 0 Å².